The maximum Gasteiger partial charge on any atom is 0.337 e. The summed E-state index contributed by atoms with van der Waals surface area (Å²) in [4.78, 5) is 37.7. The van der Waals surface area contributed by atoms with Crippen molar-refractivity contribution >= 4 is 18.0 Å². The molecule has 33 heavy (non-hydrogen) atoms. The molecule has 178 valence electrons. The molecular weight excluding hydrogens is 431 g/mol. The number of rotatable bonds is 11. The summed E-state index contributed by atoms with van der Waals surface area (Å²) in [6.45, 7) is 3.57. The van der Waals surface area contributed by atoms with Gasteiger partial charge in [-0.05, 0) is 29.2 Å². The zero-order chi connectivity index (χ0) is 24.4. The number of hydrogen-bond acceptors (Lipinski definition) is 5. The van der Waals surface area contributed by atoms with Gasteiger partial charge in [0.2, 0.25) is 0 Å². The van der Waals surface area contributed by atoms with Gasteiger partial charge in [0, 0.05) is 6.54 Å². The molecule has 2 aromatic rings. The summed E-state index contributed by atoms with van der Waals surface area (Å²) in [5.74, 6) is -2.50. The minimum absolute atomic E-state index is 0.00651. The Balaban J connectivity index is 2.06. The van der Waals surface area contributed by atoms with Gasteiger partial charge in [-0.3, -0.25) is 4.79 Å². The molecule has 2 atom stereocenters. The second-order valence-corrected chi connectivity index (χ2v) is 8.06. The summed E-state index contributed by atoms with van der Waals surface area (Å²) in [5, 5.41) is 22.2. The molecule has 8 nitrogen and oxygen atoms in total. The Morgan fingerprint density at radius 1 is 1.03 bits per heavy atom. The quantitative estimate of drug-likeness (QED) is 0.444. The molecule has 2 amide bonds. The second-order valence-electron chi connectivity index (χ2n) is 8.06. The third-order valence-electron chi connectivity index (χ3n) is 4.71. The van der Waals surface area contributed by atoms with Crippen LogP contribution in [0.15, 0.2) is 54.6 Å². The zero-order valence-electron chi connectivity index (χ0n) is 18.6. The van der Waals surface area contributed by atoms with Crippen molar-refractivity contribution in [1.29, 1.82) is 0 Å². The fourth-order valence-corrected chi connectivity index (χ4v) is 3.15. The number of carboxylic acids is 1. The number of ether oxygens (including phenoxy) is 1. The van der Waals surface area contributed by atoms with E-state index in [4.69, 9.17) is 4.74 Å². The number of carboxylic acid groups (broad SMARTS) is 1. The van der Waals surface area contributed by atoms with Gasteiger partial charge >= 0.3 is 18.0 Å². The highest BCUT2D eigenvalue weighted by Crippen LogP contribution is 2.18. The Kier molecular flexibility index (Phi) is 9.81. The highest BCUT2D eigenvalue weighted by Gasteiger charge is 2.27. The van der Waals surface area contributed by atoms with Crippen LogP contribution in [-0.4, -0.2) is 52.3 Å². The van der Waals surface area contributed by atoms with Crippen molar-refractivity contribution in [2.45, 2.75) is 39.0 Å². The van der Waals surface area contributed by atoms with Gasteiger partial charge in [0.15, 0.2) is 6.10 Å². The van der Waals surface area contributed by atoms with E-state index in [1.54, 1.807) is 24.3 Å². The summed E-state index contributed by atoms with van der Waals surface area (Å²) in [6.07, 6.45) is -2.00. The number of carbonyl (C=O) groups is 3. The van der Waals surface area contributed by atoms with Gasteiger partial charge in [-0.1, -0.05) is 56.3 Å². The lowest BCUT2D eigenvalue weighted by Crippen LogP contribution is -2.48. The van der Waals surface area contributed by atoms with Crippen LogP contribution < -0.4 is 5.32 Å². The van der Waals surface area contributed by atoms with Crippen molar-refractivity contribution in [3.8, 4) is 0 Å². The fraction of sp³-hybridized carbons (Fsp3) is 0.375. The molecule has 2 unspecified atom stereocenters. The lowest BCUT2D eigenvalue weighted by molar-refractivity contribution is -0.155. The normalized spacial score (nSPS) is 12.6. The molecule has 0 spiro atoms. The van der Waals surface area contributed by atoms with E-state index in [1.807, 2.05) is 19.9 Å². The molecule has 0 saturated carbocycles. The average Bonchev–Trinajstić information content (AvgIpc) is 2.77. The molecule has 0 fully saturated rings. The Labute approximate surface area is 192 Å². The van der Waals surface area contributed by atoms with Crippen LogP contribution in [-0.2, 0) is 20.9 Å². The standard InChI is InChI=1S/C24H29FN2O6/c1-16(2)13-27(14-21(28)23(31)33-15-17-6-4-3-5-7-17)24(32)26-20(12-22(29)30)18-8-10-19(25)11-9-18/h3-11,16,20-21,28H,12-15H2,1-2H3,(H,26,32)(H,29,30). The van der Waals surface area contributed by atoms with Gasteiger partial charge in [0.1, 0.15) is 12.4 Å². The first kappa shape index (κ1) is 25.8. The molecule has 0 aromatic heterocycles. The minimum atomic E-state index is -1.58. The summed E-state index contributed by atoms with van der Waals surface area (Å²) in [5.41, 5.74) is 1.17. The number of aliphatic carboxylic acids is 1. The van der Waals surface area contributed by atoms with Gasteiger partial charge in [-0.25, -0.2) is 14.0 Å². The van der Waals surface area contributed by atoms with Crippen LogP contribution in [0.1, 0.15) is 37.4 Å². The molecular formula is C24H29FN2O6. The number of nitrogens with zero attached hydrogens (tertiary/aromatic N) is 1. The van der Waals surface area contributed by atoms with Crippen LogP contribution in [0.4, 0.5) is 9.18 Å². The van der Waals surface area contributed by atoms with Crippen molar-refractivity contribution in [1.82, 2.24) is 10.2 Å². The van der Waals surface area contributed by atoms with E-state index >= 15 is 0 Å². The fourth-order valence-electron chi connectivity index (χ4n) is 3.15. The SMILES string of the molecule is CC(C)CN(CC(O)C(=O)OCc1ccccc1)C(=O)NC(CC(=O)O)c1ccc(F)cc1. The zero-order valence-corrected chi connectivity index (χ0v) is 18.6. The first-order chi connectivity index (χ1) is 15.7. The predicted molar refractivity (Wildman–Crippen MR) is 119 cm³/mol. The van der Waals surface area contributed by atoms with Gasteiger partial charge < -0.3 is 25.2 Å². The van der Waals surface area contributed by atoms with Crippen LogP contribution >= 0.6 is 0 Å². The summed E-state index contributed by atoms with van der Waals surface area (Å²) in [7, 11) is 0. The lowest BCUT2D eigenvalue weighted by atomic mass is 10.0. The van der Waals surface area contributed by atoms with E-state index in [9.17, 15) is 29.0 Å². The average molecular weight is 461 g/mol. The number of carbonyl (C=O) groups excluding carboxylic acids is 2. The number of benzene rings is 2. The number of hydrogen-bond donors (Lipinski definition) is 3. The van der Waals surface area contributed by atoms with E-state index in [-0.39, 0.29) is 25.6 Å². The Hall–Kier alpha value is -3.46. The third-order valence-corrected chi connectivity index (χ3v) is 4.71. The maximum atomic E-state index is 13.3. The Morgan fingerprint density at radius 2 is 1.67 bits per heavy atom. The topological polar surface area (TPSA) is 116 Å². The van der Waals surface area contributed by atoms with E-state index in [2.05, 4.69) is 5.32 Å². The molecule has 0 saturated heterocycles. The van der Waals surface area contributed by atoms with E-state index in [1.165, 1.54) is 29.2 Å². The number of esters is 1. The predicted octanol–water partition coefficient (Wildman–Crippen LogP) is 3.11. The van der Waals surface area contributed by atoms with Crippen LogP contribution in [0.3, 0.4) is 0 Å². The minimum Gasteiger partial charge on any atom is -0.481 e. The van der Waals surface area contributed by atoms with Gasteiger partial charge in [0.25, 0.3) is 0 Å². The van der Waals surface area contributed by atoms with Crippen molar-refractivity contribution < 1.29 is 33.7 Å². The van der Waals surface area contributed by atoms with Gasteiger partial charge in [0.05, 0.1) is 19.0 Å². The number of urea groups is 1. The lowest BCUT2D eigenvalue weighted by Gasteiger charge is -2.29. The van der Waals surface area contributed by atoms with Crippen molar-refractivity contribution in [3.05, 3.63) is 71.5 Å². The molecule has 0 aliphatic carbocycles. The Morgan fingerprint density at radius 3 is 2.24 bits per heavy atom. The van der Waals surface area contributed by atoms with Crippen LogP contribution in [0, 0.1) is 11.7 Å². The largest absolute Gasteiger partial charge is 0.481 e. The molecule has 3 N–H and O–H groups in total. The molecule has 0 heterocycles. The van der Waals surface area contributed by atoms with E-state index in [0.29, 0.717) is 5.56 Å². The monoisotopic (exact) mass is 460 g/mol. The Bertz CT molecular complexity index is 920. The van der Waals surface area contributed by atoms with Crippen molar-refractivity contribution in [2.24, 2.45) is 5.92 Å². The molecule has 2 rings (SSSR count). The first-order valence-corrected chi connectivity index (χ1v) is 10.6. The summed E-state index contributed by atoms with van der Waals surface area (Å²) < 4.78 is 18.4. The maximum absolute atomic E-state index is 13.3. The highest BCUT2D eigenvalue weighted by molar-refractivity contribution is 5.79. The molecule has 0 radical (unpaired) electrons. The third kappa shape index (κ3) is 8.89. The molecule has 0 aliphatic heterocycles. The number of aliphatic hydroxyl groups is 1. The molecule has 0 aliphatic rings. The van der Waals surface area contributed by atoms with E-state index < -0.39 is 42.4 Å². The van der Waals surface area contributed by atoms with Crippen LogP contribution in [0.2, 0.25) is 0 Å². The van der Waals surface area contributed by atoms with Crippen molar-refractivity contribution in [2.75, 3.05) is 13.1 Å². The number of aliphatic hydroxyl groups excluding tert-OH is 1. The molecule has 2 aromatic carbocycles. The smallest absolute Gasteiger partial charge is 0.337 e. The number of halogens is 1. The molecule has 9 heteroatoms. The second kappa shape index (κ2) is 12.5. The number of nitrogens with one attached hydrogen (secondary N) is 1. The summed E-state index contributed by atoms with van der Waals surface area (Å²) >= 11 is 0. The summed E-state index contributed by atoms with van der Waals surface area (Å²) in [6, 6.07) is 12.5. The molecule has 0 bridgehead atoms. The van der Waals surface area contributed by atoms with Gasteiger partial charge in [-0.2, -0.15) is 0 Å². The number of amides is 2. The van der Waals surface area contributed by atoms with Gasteiger partial charge in [-0.15, -0.1) is 0 Å². The first-order valence-electron chi connectivity index (χ1n) is 10.6. The van der Waals surface area contributed by atoms with Crippen molar-refractivity contribution in [3.63, 3.8) is 0 Å². The van der Waals surface area contributed by atoms with Crippen LogP contribution in [0.5, 0.6) is 0 Å². The van der Waals surface area contributed by atoms with Crippen LogP contribution in [0.25, 0.3) is 0 Å². The highest BCUT2D eigenvalue weighted by atomic mass is 19.1. The van der Waals surface area contributed by atoms with E-state index in [0.717, 1.165) is 5.56 Å².